The lowest BCUT2D eigenvalue weighted by Crippen LogP contribution is -2.46. The van der Waals surface area contributed by atoms with Gasteiger partial charge >= 0.3 is 11.9 Å². The number of methoxy groups -OCH3 is 1. The number of ether oxygens (including phenoxy) is 1. The molecule has 1 atom stereocenters. The number of carbonyl (C=O) groups excluding carboxylic acids is 1. The first-order valence-corrected chi connectivity index (χ1v) is 17.0. The Labute approximate surface area is 259 Å². The molecule has 2 aliphatic heterocycles. The second kappa shape index (κ2) is 12.6. The Bertz CT molecular complexity index is 1550. The van der Waals surface area contributed by atoms with Crippen LogP contribution in [0.3, 0.4) is 0 Å². The Morgan fingerprint density at radius 3 is 2.51 bits per heavy atom. The number of esters is 1. The lowest BCUT2D eigenvalue weighted by atomic mass is 9.73. The van der Waals surface area contributed by atoms with Gasteiger partial charge in [0.25, 0.3) is 0 Å². The van der Waals surface area contributed by atoms with E-state index in [2.05, 4.69) is 10.3 Å². The third kappa shape index (κ3) is 6.79. The van der Waals surface area contributed by atoms with Gasteiger partial charge in [0.05, 0.1) is 24.4 Å². The molecule has 10 nitrogen and oxygen atoms in total. The number of carbonyl (C=O) groups is 2. The molecule has 5 rings (SSSR count). The summed E-state index contributed by atoms with van der Waals surface area (Å²) in [5, 5.41) is 15.1. The number of carboxylic acid groups (broad SMARTS) is 1. The first kappa shape index (κ1) is 31.6. The standard InChI is InChI=1S/C29H34ClFN4O6S2/c1-29(9-5-18(6-10-29)27(36)37)16-43(39,40)35-12-7-17(8-13-35)23-22(28(38)41-2)24(20-4-3-19(31)15-21(20)30)34-25(33-23)26-32-11-14-42-26/h3-4,11,14-15,17-18,24H,5-10,12-13,16H2,1-2H3,(H,33,34)(H,36,37)/t18-,24?,29+. The van der Waals surface area contributed by atoms with E-state index < -0.39 is 45.2 Å². The molecule has 3 heterocycles. The lowest BCUT2D eigenvalue weighted by molar-refractivity contribution is -0.143. The number of halogens is 2. The summed E-state index contributed by atoms with van der Waals surface area (Å²) < 4.78 is 47.7. The number of allylic oxidation sites excluding steroid dienone is 1. The molecule has 3 aliphatic rings. The highest BCUT2D eigenvalue weighted by atomic mass is 35.5. The fourth-order valence-electron chi connectivity index (χ4n) is 6.28. The molecule has 1 saturated heterocycles. The van der Waals surface area contributed by atoms with Crippen molar-refractivity contribution < 1.29 is 32.2 Å². The molecule has 0 amide bonds. The Kier molecular flexibility index (Phi) is 9.26. The minimum Gasteiger partial charge on any atom is -0.481 e. The highest BCUT2D eigenvalue weighted by molar-refractivity contribution is 7.89. The number of hydrogen-bond donors (Lipinski definition) is 2. The van der Waals surface area contributed by atoms with Gasteiger partial charge in [-0.15, -0.1) is 11.3 Å². The van der Waals surface area contributed by atoms with E-state index in [0.717, 1.165) is 0 Å². The smallest absolute Gasteiger partial charge is 0.338 e. The number of thiazole rings is 1. The first-order valence-electron chi connectivity index (χ1n) is 14.1. The maximum Gasteiger partial charge on any atom is 0.338 e. The maximum absolute atomic E-state index is 13.9. The van der Waals surface area contributed by atoms with E-state index in [1.807, 2.05) is 6.92 Å². The summed E-state index contributed by atoms with van der Waals surface area (Å²) in [6.07, 6.45) is 4.56. The molecule has 2 fully saturated rings. The van der Waals surface area contributed by atoms with Crippen LogP contribution in [0.25, 0.3) is 0 Å². The van der Waals surface area contributed by atoms with E-state index in [4.69, 9.17) is 21.3 Å². The van der Waals surface area contributed by atoms with Crippen molar-refractivity contribution in [3.8, 4) is 0 Å². The second-order valence-electron chi connectivity index (χ2n) is 11.7. The van der Waals surface area contributed by atoms with Crippen LogP contribution >= 0.6 is 22.9 Å². The third-order valence-corrected chi connectivity index (χ3v) is 12.0. The number of piperidine rings is 1. The molecule has 1 aromatic carbocycles. The van der Waals surface area contributed by atoms with Gasteiger partial charge in [-0.05, 0) is 56.1 Å². The monoisotopic (exact) mass is 652 g/mol. The van der Waals surface area contributed by atoms with Crippen molar-refractivity contribution in [3.63, 3.8) is 0 Å². The maximum atomic E-state index is 13.9. The molecule has 0 spiro atoms. The van der Waals surface area contributed by atoms with Crippen LogP contribution in [0.15, 0.2) is 46.0 Å². The minimum atomic E-state index is -3.60. The zero-order chi connectivity index (χ0) is 30.9. The highest BCUT2D eigenvalue weighted by Gasteiger charge is 2.42. The highest BCUT2D eigenvalue weighted by Crippen LogP contribution is 2.42. The van der Waals surface area contributed by atoms with Gasteiger partial charge in [0.15, 0.2) is 10.8 Å². The van der Waals surface area contributed by atoms with Gasteiger partial charge in [0.2, 0.25) is 10.0 Å². The zero-order valence-electron chi connectivity index (χ0n) is 23.9. The van der Waals surface area contributed by atoms with E-state index in [0.29, 0.717) is 60.6 Å². The van der Waals surface area contributed by atoms with Crippen LogP contribution in [0.1, 0.15) is 62.1 Å². The predicted octanol–water partition coefficient (Wildman–Crippen LogP) is 4.78. The van der Waals surface area contributed by atoms with E-state index in [-0.39, 0.29) is 35.4 Å². The molecular weight excluding hydrogens is 619 g/mol. The number of benzene rings is 1. The molecule has 43 heavy (non-hydrogen) atoms. The van der Waals surface area contributed by atoms with Crippen molar-refractivity contribution in [1.82, 2.24) is 14.6 Å². The van der Waals surface area contributed by atoms with E-state index in [1.54, 1.807) is 11.6 Å². The van der Waals surface area contributed by atoms with Crippen LogP contribution in [-0.4, -0.2) is 66.5 Å². The number of carboxylic acids is 1. The number of nitrogens with one attached hydrogen (secondary N) is 1. The Morgan fingerprint density at radius 2 is 1.93 bits per heavy atom. The SMILES string of the molecule is COC(=O)C1=C(C2CCN(S(=O)(=O)C[C@]3(C)CC[C@H](C(=O)O)CC3)CC2)NC(c2nccs2)=NC1c1ccc(F)cc1Cl. The largest absolute Gasteiger partial charge is 0.481 e. The molecule has 14 heteroatoms. The molecule has 1 aromatic heterocycles. The molecule has 0 bridgehead atoms. The summed E-state index contributed by atoms with van der Waals surface area (Å²) in [4.78, 5) is 33.8. The number of aliphatic imine (C=N–C) groups is 1. The summed E-state index contributed by atoms with van der Waals surface area (Å²) in [5.41, 5.74) is 0.754. The van der Waals surface area contributed by atoms with E-state index in [9.17, 15) is 27.5 Å². The number of aliphatic carboxylic acids is 1. The predicted molar refractivity (Wildman–Crippen MR) is 161 cm³/mol. The van der Waals surface area contributed by atoms with E-state index in [1.165, 1.54) is 41.0 Å². The summed E-state index contributed by atoms with van der Waals surface area (Å²) >= 11 is 7.81. The molecule has 1 aliphatic carbocycles. The minimum absolute atomic E-state index is 0.0304. The first-order chi connectivity index (χ1) is 20.4. The fourth-order valence-corrected chi connectivity index (χ4v) is 9.26. The average Bonchev–Trinajstić information content (AvgIpc) is 3.51. The molecular formula is C29H34ClFN4O6S2. The van der Waals surface area contributed by atoms with Crippen LogP contribution < -0.4 is 5.32 Å². The molecule has 0 radical (unpaired) electrons. The van der Waals surface area contributed by atoms with Gasteiger partial charge in [0.1, 0.15) is 11.9 Å². The summed E-state index contributed by atoms with van der Waals surface area (Å²) in [7, 11) is -2.33. The Hall–Kier alpha value is -2.87. The summed E-state index contributed by atoms with van der Waals surface area (Å²) in [5.74, 6) is -2.20. The van der Waals surface area contributed by atoms with Crippen LogP contribution in [0.2, 0.25) is 5.02 Å². The average molecular weight is 653 g/mol. The van der Waals surface area contributed by atoms with Crippen molar-refractivity contribution >= 4 is 50.7 Å². The zero-order valence-corrected chi connectivity index (χ0v) is 26.3. The quantitative estimate of drug-likeness (QED) is 0.389. The van der Waals surface area contributed by atoms with Crippen molar-refractivity contribution in [2.24, 2.45) is 22.2 Å². The number of rotatable bonds is 8. The van der Waals surface area contributed by atoms with Crippen LogP contribution in [0, 0.1) is 23.1 Å². The molecule has 2 N–H and O–H groups in total. The summed E-state index contributed by atoms with van der Waals surface area (Å²) in [6, 6.07) is 3.04. The topological polar surface area (TPSA) is 138 Å². The fraction of sp³-hybridized carbons (Fsp3) is 0.517. The van der Waals surface area contributed by atoms with Crippen molar-refractivity contribution in [2.75, 3.05) is 26.0 Å². The van der Waals surface area contributed by atoms with Gasteiger partial charge < -0.3 is 15.2 Å². The van der Waals surface area contributed by atoms with Gasteiger partial charge in [-0.1, -0.05) is 24.6 Å². The van der Waals surface area contributed by atoms with Crippen molar-refractivity contribution in [3.05, 3.63) is 62.5 Å². The van der Waals surface area contributed by atoms with Gasteiger partial charge in [0, 0.05) is 46.9 Å². The van der Waals surface area contributed by atoms with E-state index >= 15 is 0 Å². The Balaban J connectivity index is 1.40. The molecule has 1 saturated carbocycles. The van der Waals surface area contributed by atoms with Gasteiger partial charge in [-0.2, -0.15) is 0 Å². The molecule has 1 unspecified atom stereocenters. The molecule has 232 valence electrons. The third-order valence-electron chi connectivity index (χ3n) is 8.70. The number of nitrogens with zero attached hydrogens (tertiary/aromatic N) is 3. The number of hydrogen-bond acceptors (Lipinski definition) is 9. The molecule has 2 aromatic rings. The number of amidine groups is 1. The number of aromatic nitrogens is 1. The summed E-state index contributed by atoms with van der Waals surface area (Å²) in [6.45, 7) is 2.44. The van der Waals surface area contributed by atoms with Crippen LogP contribution in [0.5, 0.6) is 0 Å². The lowest BCUT2D eigenvalue weighted by Gasteiger charge is -2.39. The van der Waals surface area contributed by atoms with Crippen molar-refractivity contribution in [2.45, 2.75) is 51.5 Å². The van der Waals surface area contributed by atoms with Gasteiger partial charge in [-0.3, -0.25) is 9.79 Å². The number of sulfonamides is 1. The van der Waals surface area contributed by atoms with Crippen LogP contribution in [0.4, 0.5) is 4.39 Å². The normalized spacial score (nSPS) is 25.6. The van der Waals surface area contributed by atoms with Gasteiger partial charge in [-0.25, -0.2) is 26.9 Å². The van der Waals surface area contributed by atoms with Crippen molar-refractivity contribution in [1.29, 1.82) is 0 Å². The van der Waals surface area contributed by atoms with Crippen LogP contribution in [-0.2, 0) is 24.3 Å². The Morgan fingerprint density at radius 1 is 1.23 bits per heavy atom. The second-order valence-corrected chi connectivity index (χ2v) is 15.0.